The second-order valence-electron chi connectivity index (χ2n) is 4.11. The highest BCUT2D eigenvalue weighted by Crippen LogP contribution is 2.16. The molecule has 1 atom stereocenters. The molecule has 4 heteroatoms. The Morgan fingerprint density at radius 1 is 1.57 bits per heavy atom. The largest absolute Gasteiger partial charge is 0.480 e. The van der Waals surface area contributed by atoms with Crippen LogP contribution in [0.1, 0.15) is 27.2 Å². The molecule has 0 saturated carbocycles. The van der Waals surface area contributed by atoms with Crippen LogP contribution in [0.2, 0.25) is 0 Å². The third-order valence-electron chi connectivity index (χ3n) is 2.22. The van der Waals surface area contributed by atoms with Gasteiger partial charge < -0.3 is 10.4 Å². The Bertz CT molecular complexity index is 185. The fourth-order valence-electron chi connectivity index (χ4n) is 0.934. The van der Waals surface area contributed by atoms with E-state index in [1.807, 2.05) is 11.8 Å². The molecule has 0 aliphatic rings. The third kappa shape index (κ3) is 4.86. The Labute approximate surface area is 90.7 Å². The number of likely N-dealkylation sites (N-methyl/N-ethyl adjacent to an activating group) is 1. The van der Waals surface area contributed by atoms with Gasteiger partial charge in [-0.3, -0.25) is 4.79 Å². The lowest BCUT2D eigenvalue weighted by molar-refractivity contribution is -0.144. The van der Waals surface area contributed by atoms with Crippen molar-refractivity contribution < 1.29 is 9.90 Å². The predicted octanol–water partition coefficient (Wildman–Crippen LogP) is 1.83. The van der Waals surface area contributed by atoms with Gasteiger partial charge in [0.1, 0.15) is 5.54 Å². The van der Waals surface area contributed by atoms with Crippen molar-refractivity contribution >= 4 is 17.7 Å². The highest BCUT2D eigenvalue weighted by Gasteiger charge is 2.30. The Morgan fingerprint density at radius 3 is 2.50 bits per heavy atom. The maximum atomic E-state index is 10.9. The average molecular weight is 219 g/mol. The predicted molar refractivity (Wildman–Crippen MR) is 61.9 cm³/mol. The lowest BCUT2D eigenvalue weighted by Gasteiger charge is -2.23. The smallest absolute Gasteiger partial charge is 0.323 e. The lowest BCUT2D eigenvalue weighted by Crippen LogP contribution is -2.47. The van der Waals surface area contributed by atoms with Crippen molar-refractivity contribution in [2.24, 2.45) is 5.92 Å². The molecular weight excluding hydrogens is 198 g/mol. The summed E-state index contributed by atoms with van der Waals surface area (Å²) in [6, 6.07) is 0. The van der Waals surface area contributed by atoms with Gasteiger partial charge in [-0.05, 0) is 37.8 Å². The summed E-state index contributed by atoms with van der Waals surface area (Å²) in [6.45, 7) is 6.06. The highest BCUT2D eigenvalue weighted by atomic mass is 32.2. The molecule has 2 N–H and O–H groups in total. The standard InChI is InChI=1S/C10H21NO2S/c1-8(2)7-14-6-5-10(3,11-4)9(12)13/h8,11H,5-7H2,1-4H3,(H,12,13). The number of aliphatic carboxylic acids is 1. The zero-order valence-corrected chi connectivity index (χ0v) is 10.3. The van der Waals surface area contributed by atoms with Crippen molar-refractivity contribution in [2.45, 2.75) is 32.7 Å². The van der Waals surface area contributed by atoms with Crippen LogP contribution in [0.5, 0.6) is 0 Å². The van der Waals surface area contributed by atoms with Gasteiger partial charge in [-0.25, -0.2) is 0 Å². The van der Waals surface area contributed by atoms with E-state index in [4.69, 9.17) is 5.11 Å². The molecule has 0 amide bonds. The summed E-state index contributed by atoms with van der Waals surface area (Å²) in [6.07, 6.45) is 0.663. The number of rotatable bonds is 7. The van der Waals surface area contributed by atoms with Crippen LogP contribution in [-0.4, -0.2) is 35.2 Å². The summed E-state index contributed by atoms with van der Waals surface area (Å²) in [5.74, 6) is 1.89. The quantitative estimate of drug-likeness (QED) is 0.641. The van der Waals surface area contributed by atoms with Gasteiger partial charge in [0, 0.05) is 0 Å². The minimum Gasteiger partial charge on any atom is -0.480 e. The Balaban J connectivity index is 3.79. The molecule has 3 nitrogen and oxygen atoms in total. The normalized spacial score (nSPS) is 15.5. The number of carboxylic acids is 1. The molecule has 0 heterocycles. The van der Waals surface area contributed by atoms with E-state index in [9.17, 15) is 4.79 Å². The molecule has 0 aliphatic carbocycles. The molecule has 0 saturated heterocycles. The van der Waals surface area contributed by atoms with Gasteiger partial charge in [-0.2, -0.15) is 11.8 Å². The fourth-order valence-corrected chi connectivity index (χ4v) is 2.12. The highest BCUT2D eigenvalue weighted by molar-refractivity contribution is 7.99. The molecule has 0 spiro atoms. The van der Waals surface area contributed by atoms with Crippen LogP contribution < -0.4 is 5.32 Å². The fraction of sp³-hybridized carbons (Fsp3) is 0.900. The molecule has 14 heavy (non-hydrogen) atoms. The van der Waals surface area contributed by atoms with E-state index in [0.717, 1.165) is 11.5 Å². The first-order valence-electron chi connectivity index (χ1n) is 4.92. The first-order chi connectivity index (χ1) is 6.42. The van der Waals surface area contributed by atoms with Crippen molar-refractivity contribution in [3.63, 3.8) is 0 Å². The van der Waals surface area contributed by atoms with Crippen molar-refractivity contribution in [1.82, 2.24) is 5.32 Å². The molecule has 0 aliphatic heterocycles. The zero-order chi connectivity index (χ0) is 11.2. The van der Waals surface area contributed by atoms with Gasteiger partial charge in [-0.1, -0.05) is 13.8 Å². The van der Waals surface area contributed by atoms with Gasteiger partial charge in [0.2, 0.25) is 0 Å². The number of carbonyl (C=O) groups is 1. The van der Waals surface area contributed by atoms with E-state index >= 15 is 0 Å². The first-order valence-corrected chi connectivity index (χ1v) is 6.08. The first kappa shape index (κ1) is 13.8. The van der Waals surface area contributed by atoms with Crippen LogP contribution in [0.3, 0.4) is 0 Å². The van der Waals surface area contributed by atoms with Gasteiger partial charge in [0.15, 0.2) is 0 Å². The number of nitrogens with one attached hydrogen (secondary N) is 1. The van der Waals surface area contributed by atoms with Crippen LogP contribution >= 0.6 is 11.8 Å². The molecule has 0 fully saturated rings. The molecule has 1 unspecified atom stereocenters. The summed E-state index contributed by atoms with van der Waals surface area (Å²) in [5.41, 5.74) is -0.774. The SMILES string of the molecule is CNC(C)(CCSCC(C)C)C(=O)O. The summed E-state index contributed by atoms with van der Waals surface area (Å²) < 4.78 is 0. The Kier molecular flexibility index (Phi) is 6.20. The van der Waals surface area contributed by atoms with E-state index in [-0.39, 0.29) is 0 Å². The van der Waals surface area contributed by atoms with Gasteiger partial charge in [0.25, 0.3) is 0 Å². The summed E-state index contributed by atoms with van der Waals surface area (Å²) >= 11 is 1.82. The Hall–Kier alpha value is -0.220. The van der Waals surface area contributed by atoms with Crippen molar-refractivity contribution in [1.29, 1.82) is 0 Å². The van der Waals surface area contributed by atoms with Crippen LogP contribution in [0.25, 0.3) is 0 Å². The molecular formula is C10H21NO2S. The summed E-state index contributed by atoms with van der Waals surface area (Å²) in [4.78, 5) is 10.9. The van der Waals surface area contributed by atoms with E-state index in [1.165, 1.54) is 0 Å². The second kappa shape index (κ2) is 6.30. The average Bonchev–Trinajstić information content (AvgIpc) is 2.11. The monoisotopic (exact) mass is 219 g/mol. The van der Waals surface area contributed by atoms with Gasteiger partial charge in [0.05, 0.1) is 0 Å². The molecule has 0 rings (SSSR count). The van der Waals surface area contributed by atoms with Crippen LogP contribution in [0.4, 0.5) is 0 Å². The second-order valence-corrected chi connectivity index (χ2v) is 5.26. The van der Waals surface area contributed by atoms with E-state index < -0.39 is 11.5 Å². The minimum absolute atomic E-state index is 0.663. The molecule has 0 bridgehead atoms. The molecule has 84 valence electrons. The van der Waals surface area contributed by atoms with Crippen LogP contribution in [-0.2, 0) is 4.79 Å². The number of thioether (sulfide) groups is 1. The molecule has 0 aromatic carbocycles. The number of hydrogen-bond acceptors (Lipinski definition) is 3. The number of carboxylic acid groups (broad SMARTS) is 1. The topological polar surface area (TPSA) is 49.3 Å². The van der Waals surface area contributed by atoms with Crippen molar-refractivity contribution in [2.75, 3.05) is 18.6 Å². The summed E-state index contributed by atoms with van der Waals surface area (Å²) in [5, 5.41) is 11.8. The van der Waals surface area contributed by atoms with Crippen molar-refractivity contribution in [3.05, 3.63) is 0 Å². The van der Waals surface area contributed by atoms with Gasteiger partial charge >= 0.3 is 5.97 Å². The molecule has 0 radical (unpaired) electrons. The maximum absolute atomic E-state index is 10.9. The van der Waals surface area contributed by atoms with Gasteiger partial charge in [-0.15, -0.1) is 0 Å². The van der Waals surface area contributed by atoms with E-state index in [2.05, 4.69) is 19.2 Å². The molecule has 0 aromatic rings. The van der Waals surface area contributed by atoms with Crippen molar-refractivity contribution in [3.8, 4) is 0 Å². The lowest BCUT2D eigenvalue weighted by atomic mass is 10.00. The maximum Gasteiger partial charge on any atom is 0.323 e. The third-order valence-corrected chi connectivity index (χ3v) is 3.62. The zero-order valence-electron chi connectivity index (χ0n) is 9.46. The summed E-state index contributed by atoms with van der Waals surface area (Å²) in [7, 11) is 1.70. The number of hydrogen-bond donors (Lipinski definition) is 2. The molecule has 0 aromatic heterocycles. The minimum atomic E-state index is -0.774. The Morgan fingerprint density at radius 2 is 2.14 bits per heavy atom. The van der Waals surface area contributed by atoms with E-state index in [0.29, 0.717) is 12.3 Å². The van der Waals surface area contributed by atoms with Crippen LogP contribution in [0, 0.1) is 5.92 Å². The van der Waals surface area contributed by atoms with Crippen LogP contribution in [0.15, 0.2) is 0 Å². The van der Waals surface area contributed by atoms with E-state index in [1.54, 1.807) is 14.0 Å².